The second kappa shape index (κ2) is 10.5. The van der Waals surface area contributed by atoms with Crippen LogP contribution in [0, 0.1) is 5.92 Å². The molecule has 1 fully saturated rings. The highest BCUT2D eigenvalue weighted by Gasteiger charge is 2.26. The van der Waals surface area contributed by atoms with Gasteiger partial charge in [-0.15, -0.1) is 5.10 Å². The summed E-state index contributed by atoms with van der Waals surface area (Å²) in [6.45, 7) is 2.55. The van der Waals surface area contributed by atoms with Crippen LogP contribution in [-0.4, -0.2) is 36.6 Å². The van der Waals surface area contributed by atoms with Gasteiger partial charge in [-0.3, -0.25) is 9.78 Å². The van der Waals surface area contributed by atoms with Crippen LogP contribution < -0.4 is 0 Å². The van der Waals surface area contributed by atoms with Gasteiger partial charge in [0.25, 0.3) is 0 Å². The Kier molecular flexibility index (Phi) is 7.27. The summed E-state index contributed by atoms with van der Waals surface area (Å²) >= 11 is 0. The van der Waals surface area contributed by atoms with Gasteiger partial charge in [0.1, 0.15) is 5.82 Å². The third-order valence-corrected chi connectivity index (χ3v) is 6.30. The minimum absolute atomic E-state index is 0.0420. The number of carboxylic acids is 1. The number of benzene rings is 1. The van der Waals surface area contributed by atoms with Gasteiger partial charge in [-0.1, -0.05) is 56.9 Å². The lowest BCUT2D eigenvalue weighted by Gasteiger charge is -2.18. The number of unbranched alkanes of at least 4 members (excludes halogenated alkanes) is 1. The first kappa shape index (κ1) is 22.8. The quantitative estimate of drug-likeness (QED) is 0.454. The van der Waals surface area contributed by atoms with Crippen LogP contribution >= 0.6 is 0 Å². The van der Waals surface area contributed by atoms with Gasteiger partial charge >= 0.3 is 5.97 Å². The van der Waals surface area contributed by atoms with Crippen molar-refractivity contribution in [2.24, 2.45) is 5.92 Å². The second-order valence-electron chi connectivity index (χ2n) is 8.70. The number of aryl methyl sites for hydroxylation is 1. The molecule has 1 aliphatic rings. The van der Waals surface area contributed by atoms with E-state index in [1.807, 2.05) is 18.2 Å². The van der Waals surface area contributed by atoms with Crippen LogP contribution in [0.2, 0.25) is 0 Å². The molecule has 0 unspecified atom stereocenters. The average molecular weight is 447 g/mol. The summed E-state index contributed by atoms with van der Waals surface area (Å²) in [5.74, 6) is 0.297. The number of aromatic carboxylic acids is 1. The van der Waals surface area contributed by atoms with Crippen molar-refractivity contribution >= 4 is 11.8 Å². The molecule has 172 valence electrons. The van der Waals surface area contributed by atoms with Crippen molar-refractivity contribution in [1.82, 2.24) is 19.7 Å². The molecule has 2 aromatic heterocycles. The minimum atomic E-state index is -0.965. The molecular weight excluding hydrogens is 416 g/mol. The molecule has 33 heavy (non-hydrogen) atoms. The summed E-state index contributed by atoms with van der Waals surface area (Å²) in [6.07, 6.45) is 9.73. The molecule has 0 radical (unpaired) electrons. The summed E-state index contributed by atoms with van der Waals surface area (Å²) in [4.78, 5) is 33.7. The molecule has 0 spiro atoms. The van der Waals surface area contributed by atoms with E-state index in [1.54, 1.807) is 29.1 Å². The van der Waals surface area contributed by atoms with Crippen LogP contribution in [0.3, 0.4) is 0 Å². The van der Waals surface area contributed by atoms with Crippen molar-refractivity contribution in [1.29, 1.82) is 0 Å². The van der Waals surface area contributed by atoms with E-state index < -0.39 is 5.97 Å². The summed E-state index contributed by atoms with van der Waals surface area (Å²) in [5.41, 5.74) is 2.41. The third-order valence-electron chi connectivity index (χ3n) is 6.30. The van der Waals surface area contributed by atoms with Crippen molar-refractivity contribution < 1.29 is 14.7 Å². The molecule has 2 heterocycles. The summed E-state index contributed by atoms with van der Waals surface area (Å²) < 4.78 is 1.80. The van der Waals surface area contributed by atoms with Crippen molar-refractivity contribution in [3.8, 4) is 11.1 Å². The Morgan fingerprint density at radius 2 is 1.88 bits per heavy atom. The van der Waals surface area contributed by atoms with Crippen LogP contribution in [0.25, 0.3) is 11.1 Å². The van der Waals surface area contributed by atoms with Gasteiger partial charge in [0.2, 0.25) is 11.6 Å². The predicted molar refractivity (Wildman–Crippen MR) is 125 cm³/mol. The van der Waals surface area contributed by atoms with E-state index in [9.17, 15) is 14.7 Å². The topological polar surface area (TPSA) is 98.0 Å². The number of carboxylic acid groups (broad SMARTS) is 1. The molecule has 1 saturated carbocycles. The average Bonchev–Trinajstić information content (AvgIpc) is 3.25. The Hall–Kier alpha value is -3.35. The molecule has 1 aromatic carbocycles. The monoisotopic (exact) mass is 446 g/mol. The molecule has 4 rings (SSSR count). The lowest BCUT2D eigenvalue weighted by Crippen LogP contribution is -2.19. The molecule has 1 N–H and O–H groups in total. The third kappa shape index (κ3) is 5.35. The Morgan fingerprint density at radius 1 is 1.09 bits per heavy atom. The number of carbonyl (C=O) groups is 2. The van der Waals surface area contributed by atoms with Gasteiger partial charge in [0.15, 0.2) is 0 Å². The van der Waals surface area contributed by atoms with Crippen molar-refractivity contribution in [2.75, 3.05) is 0 Å². The van der Waals surface area contributed by atoms with Gasteiger partial charge in [0, 0.05) is 24.1 Å². The molecule has 0 saturated heterocycles. The number of pyridine rings is 1. The highest BCUT2D eigenvalue weighted by Crippen LogP contribution is 2.27. The number of carbonyl (C=O) groups excluding carboxylic acids is 1. The lowest BCUT2D eigenvalue weighted by atomic mass is 9.86. The number of hydrogen-bond donors (Lipinski definition) is 1. The molecule has 0 aliphatic heterocycles. The molecule has 0 bridgehead atoms. The Labute approximate surface area is 193 Å². The highest BCUT2D eigenvalue weighted by atomic mass is 16.4. The van der Waals surface area contributed by atoms with Gasteiger partial charge in [-0.2, -0.15) is 0 Å². The first-order valence-electron chi connectivity index (χ1n) is 11.8. The van der Waals surface area contributed by atoms with E-state index in [4.69, 9.17) is 0 Å². The molecule has 0 amide bonds. The first-order valence-corrected chi connectivity index (χ1v) is 11.8. The van der Waals surface area contributed by atoms with Gasteiger partial charge < -0.3 is 5.11 Å². The van der Waals surface area contributed by atoms with Crippen LogP contribution in [0.15, 0.2) is 42.6 Å². The van der Waals surface area contributed by atoms with E-state index in [2.05, 4.69) is 22.0 Å². The maximum absolute atomic E-state index is 13.0. The fourth-order valence-corrected chi connectivity index (χ4v) is 4.42. The number of ketones is 1. The zero-order chi connectivity index (χ0) is 23.2. The number of hydrogen-bond acceptors (Lipinski definition) is 5. The number of nitrogens with zero attached hydrogens (tertiary/aromatic N) is 4. The summed E-state index contributed by atoms with van der Waals surface area (Å²) in [5, 5.41) is 14.0. The van der Waals surface area contributed by atoms with E-state index in [1.165, 1.54) is 6.42 Å². The molecule has 1 aliphatic carbocycles. The maximum Gasteiger partial charge on any atom is 0.336 e. The van der Waals surface area contributed by atoms with Gasteiger partial charge in [0.05, 0.1) is 17.8 Å². The van der Waals surface area contributed by atoms with Crippen molar-refractivity contribution in [3.05, 3.63) is 65.5 Å². The van der Waals surface area contributed by atoms with Gasteiger partial charge in [-0.05, 0) is 37.0 Å². The van der Waals surface area contributed by atoms with Crippen LogP contribution in [-0.2, 0) is 13.0 Å². The lowest BCUT2D eigenvalue weighted by molar-refractivity contribution is 0.0697. The smallest absolute Gasteiger partial charge is 0.336 e. The molecular formula is C26H30N4O3. The molecule has 0 atom stereocenters. The summed E-state index contributed by atoms with van der Waals surface area (Å²) in [7, 11) is 0. The normalized spacial score (nSPS) is 14.3. The number of Topliss-reactive ketones (excluding diaryl/α,β-unsaturated/α-hetero) is 1. The van der Waals surface area contributed by atoms with Crippen molar-refractivity contribution in [3.63, 3.8) is 0 Å². The van der Waals surface area contributed by atoms with E-state index in [-0.39, 0.29) is 17.3 Å². The van der Waals surface area contributed by atoms with E-state index in [0.717, 1.165) is 62.0 Å². The second-order valence-corrected chi connectivity index (χ2v) is 8.70. The fourth-order valence-electron chi connectivity index (χ4n) is 4.42. The summed E-state index contributed by atoms with van der Waals surface area (Å²) in [6, 6.07) is 10.7. The zero-order valence-electron chi connectivity index (χ0n) is 19.0. The Balaban J connectivity index is 1.56. The van der Waals surface area contributed by atoms with Crippen molar-refractivity contribution in [2.45, 2.75) is 64.8 Å². The fraction of sp³-hybridized carbons (Fsp3) is 0.423. The SMILES string of the molecule is CCCCc1nc(C(=O)C2CCCCC2)nn1Cc1ccc(-c2ccccc2C(=O)O)cn1. The van der Waals surface area contributed by atoms with Gasteiger partial charge in [-0.25, -0.2) is 14.5 Å². The predicted octanol–water partition coefficient (Wildman–Crippen LogP) is 5.19. The van der Waals surface area contributed by atoms with Crippen LogP contribution in [0.4, 0.5) is 0 Å². The minimum Gasteiger partial charge on any atom is -0.478 e. The molecule has 3 aromatic rings. The highest BCUT2D eigenvalue weighted by molar-refractivity contribution is 5.96. The largest absolute Gasteiger partial charge is 0.478 e. The van der Waals surface area contributed by atoms with E-state index in [0.29, 0.717) is 17.9 Å². The first-order chi connectivity index (χ1) is 16.1. The number of rotatable bonds is 9. The van der Waals surface area contributed by atoms with Crippen LogP contribution in [0.5, 0.6) is 0 Å². The van der Waals surface area contributed by atoms with E-state index >= 15 is 0 Å². The maximum atomic E-state index is 13.0. The zero-order valence-corrected chi connectivity index (χ0v) is 19.0. The standard InChI is InChI=1S/C26H30N4O3/c1-2-3-13-23-28-25(24(31)18-9-5-4-6-10-18)29-30(23)17-20-15-14-19(16-27-20)21-11-7-8-12-22(21)26(32)33/h7-8,11-12,14-16,18H,2-6,9-10,13,17H2,1H3,(H,32,33). The van der Waals surface area contributed by atoms with Crippen LogP contribution in [0.1, 0.15) is 84.4 Å². The molecule has 7 heteroatoms. The Bertz CT molecular complexity index is 1110. The Morgan fingerprint density at radius 3 is 2.58 bits per heavy atom. The molecule has 7 nitrogen and oxygen atoms in total. The number of aromatic nitrogens is 4.